The standard InChI is InChI=1S/C17H23N3O7S/c1-10(21)20-9-17(2,3)27-14-6-4-11(8-13(14)20)28(25,26)19-12(16(23)24)5-7-15(18)22/h4,6,8,12,19H,5,7,9H2,1-3H3,(H2,18,22)(H,23,24). The van der Waals surface area contributed by atoms with E-state index in [1.54, 1.807) is 13.8 Å². The lowest BCUT2D eigenvalue weighted by Crippen LogP contribution is -2.48. The van der Waals surface area contributed by atoms with E-state index in [0.29, 0.717) is 5.75 Å². The Morgan fingerprint density at radius 1 is 1.36 bits per heavy atom. The zero-order valence-electron chi connectivity index (χ0n) is 15.8. The van der Waals surface area contributed by atoms with Gasteiger partial charge in [-0.15, -0.1) is 0 Å². The summed E-state index contributed by atoms with van der Waals surface area (Å²) in [5, 5.41) is 9.21. The normalized spacial score (nSPS) is 16.6. The molecule has 1 unspecified atom stereocenters. The van der Waals surface area contributed by atoms with Gasteiger partial charge in [-0.3, -0.25) is 14.4 Å². The fourth-order valence-corrected chi connectivity index (χ4v) is 4.06. The second kappa shape index (κ2) is 7.76. The highest BCUT2D eigenvalue weighted by Crippen LogP contribution is 2.38. The predicted octanol–water partition coefficient (Wildman–Crippen LogP) is 0.208. The second-order valence-electron chi connectivity index (χ2n) is 7.11. The summed E-state index contributed by atoms with van der Waals surface area (Å²) < 4.78 is 33.1. The molecule has 0 fully saturated rings. The van der Waals surface area contributed by atoms with Gasteiger partial charge < -0.3 is 20.5 Å². The van der Waals surface area contributed by atoms with Crippen LogP contribution in [0.15, 0.2) is 23.1 Å². The molecule has 11 heteroatoms. The first kappa shape index (κ1) is 21.6. The van der Waals surface area contributed by atoms with E-state index in [-0.39, 0.29) is 35.9 Å². The number of anilines is 1. The number of sulfonamides is 1. The van der Waals surface area contributed by atoms with Crippen molar-refractivity contribution in [2.24, 2.45) is 5.73 Å². The third kappa shape index (κ3) is 4.98. The number of ether oxygens (including phenoxy) is 1. The summed E-state index contributed by atoms with van der Waals surface area (Å²) in [5.41, 5.74) is 4.62. The largest absolute Gasteiger partial charge is 0.484 e. The Morgan fingerprint density at radius 2 is 2.00 bits per heavy atom. The molecule has 0 radical (unpaired) electrons. The Labute approximate surface area is 162 Å². The van der Waals surface area contributed by atoms with Crippen molar-refractivity contribution in [3.8, 4) is 5.75 Å². The number of carbonyl (C=O) groups is 3. The lowest BCUT2D eigenvalue weighted by Gasteiger charge is -2.39. The topological polar surface area (TPSA) is 156 Å². The predicted molar refractivity (Wildman–Crippen MR) is 99.3 cm³/mol. The van der Waals surface area contributed by atoms with Crippen molar-refractivity contribution in [2.45, 2.75) is 50.2 Å². The third-order valence-electron chi connectivity index (χ3n) is 4.11. The minimum Gasteiger partial charge on any atom is -0.484 e. The van der Waals surface area contributed by atoms with Crippen molar-refractivity contribution in [2.75, 3.05) is 11.4 Å². The fraction of sp³-hybridized carbons (Fsp3) is 0.471. The smallest absolute Gasteiger partial charge is 0.321 e. The van der Waals surface area contributed by atoms with E-state index in [2.05, 4.69) is 4.72 Å². The highest BCUT2D eigenvalue weighted by molar-refractivity contribution is 7.89. The molecule has 0 bridgehead atoms. The summed E-state index contributed by atoms with van der Waals surface area (Å²) >= 11 is 0. The van der Waals surface area contributed by atoms with Crippen LogP contribution in [-0.4, -0.2) is 49.5 Å². The van der Waals surface area contributed by atoms with Crippen molar-refractivity contribution in [1.82, 2.24) is 4.72 Å². The van der Waals surface area contributed by atoms with Crippen molar-refractivity contribution in [1.29, 1.82) is 0 Å². The number of carboxylic acids is 1. The van der Waals surface area contributed by atoms with Gasteiger partial charge in [0.25, 0.3) is 0 Å². The number of nitrogens with one attached hydrogen (secondary N) is 1. The molecule has 0 aromatic heterocycles. The van der Waals surface area contributed by atoms with Gasteiger partial charge in [0.2, 0.25) is 21.8 Å². The molecular formula is C17H23N3O7S. The second-order valence-corrected chi connectivity index (χ2v) is 8.83. The molecule has 1 atom stereocenters. The lowest BCUT2D eigenvalue weighted by molar-refractivity contribution is -0.139. The summed E-state index contributed by atoms with van der Waals surface area (Å²) in [6.07, 6.45) is -0.573. The molecule has 1 aromatic rings. The number of nitrogens with zero attached hydrogens (tertiary/aromatic N) is 1. The van der Waals surface area contributed by atoms with Crippen LogP contribution in [0.1, 0.15) is 33.6 Å². The first-order chi connectivity index (χ1) is 12.8. The van der Waals surface area contributed by atoms with Crippen LogP contribution in [0.2, 0.25) is 0 Å². The number of primary amides is 1. The van der Waals surface area contributed by atoms with Crippen LogP contribution in [0.25, 0.3) is 0 Å². The first-order valence-corrected chi connectivity index (χ1v) is 9.95. The molecule has 0 spiro atoms. The van der Waals surface area contributed by atoms with E-state index < -0.39 is 33.5 Å². The van der Waals surface area contributed by atoms with Crippen LogP contribution in [0.4, 0.5) is 5.69 Å². The van der Waals surface area contributed by atoms with Crippen molar-refractivity contribution >= 4 is 33.5 Å². The highest BCUT2D eigenvalue weighted by atomic mass is 32.2. The maximum atomic E-state index is 12.6. The minimum atomic E-state index is -4.24. The van der Waals surface area contributed by atoms with Crippen LogP contribution in [-0.2, 0) is 24.4 Å². The Balaban J connectivity index is 2.37. The van der Waals surface area contributed by atoms with Gasteiger partial charge in [-0.1, -0.05) is 0 Å². The average Bonchev–Trinajstić information content (AvgIpc) is 2.56. The van der Waals surface area contributed by atoms with Gasteiger partial charge in [-0.25, -0.2) is 8.42 Å². The Kier molecular flexibility index (Phi) is 6.00. The van der Waals surface area contributed by atoms with Gasteiger partial charge in [-0.05, 0) is 38.5 Å². The van der Waals surface area contributed by atoms with Crippen molar-refractivity contribution in [3.63, 3.8) is 0 Å². The van der Waals surface area contributed by atoms with Gasteiger partial charge in [-0.2, -0.15) is 4.72 Å². The molecule has 0 saturated heterocycles. The number of fused-ring (bicyclic) bond motifs is 1. The number of nitrogens with two attached hydrogens (primary N) is 1. The molecule has 0 aliphatic carbocycles. The molecule has 2 amide bonds. The molecular weight excluding hydrogens is 390 g/mol. The molecule has 10 nitrogen and oxygen atoms in total. The van der Waals surface area contributed by atoms with Gasteiger partial charge in [0.1, 0.15) is 17.4 Å². The fourth-order valence-electron chi connectivity index (χ4n) is 2.81. The van der Waals surface area contributed by atoms with Gasteiger partial charge in [0.15, 0.2) is 0 Å². The molecule has 1 aliphatic rings. The zero-order valence-corrected chi connectivity index (χ0v) is 16.6. The number of aliphatic carboxylic acids is 1. The van der Waals surface area contributed by atoms with E-state index in [4.69, 9.17) is 10.5 Å². The van der Waals surface area contributed by atoms with E-state index in [1.165, 1.54) is 30.0 Å². The van der Waals surface area contributed by atoms with E-state index in [1.807, 2.05) is 0 Å². The Bertz CT molecular complexity index is 911. The van der Waals surface area contributed by atoms with Crippen LogP contribution in [0.3, 0.4) is 0 Å². The average molecular weight is 413 g/mol. The van der Waals surface area contributed by atoms with Gasteiger partial charge in [0, 0.05) is 13.3 Å². The van der Waals surface area contributed by atoms with Crippen LogP contribution < -0.4 is 20.1 Å². The molecule has 1 aliphatic heterocycles. The maximum absolute atomic E-state index is 12.6. The molecule has 0 saturated carbocycles. The summed E-state index contributed by atoms with van der Waals surface area (Å²) in [6.45, 7) is 5.18. The highest BCUT2D eigenvalue weighted by Gasteiger charge is 2.35. The number of hydrogen-bond acceptors (Lipinski definition) is 6. The molecule has 4 N–H and O–H groups in total. The lowest BCUT2D eigenvalue weighted by atomic mass is 10.1. The minimum absolute atomic E-state index is 0.225. The summed E-state index contributed by atoms with van der Waals surface area (Å²) in [6, 6.07) is 2.40. The maximum Gasteiger partial charge on any atom is 0.321 e. The summed E-state index contributed by atoms with van der Waals surface area (Å²) in [7, 11) is -4.24. The van der Waals surface area contributed by atoms with Crippen LogP contribution in [0.5, 0.6) is 5.75 Å². The molecule has 2 rings (SSSR count). The molecule has 1 heterocycles. The number of carbonyl (C=O) groups excluding carboxylic acids is 2. The summed E-state index contributed by atoms with van der Waals surface area (Å²) in [5.74, 6) is -2.12. The summed E-state index contributed by atoms with van der Waals surface area (Å²) in [4.78, 5) is 35.4. The number of rotatable bonds is 7. The zero-order chi connectivity index (χ0) is 21.3. The van der Waals surface area contributed by atoms with E-state index in [9.17, 15) is 27.9 Å². The van der Waals surface area contributed by atoms with E-state index >= 15 is 0 Å². The van der Waals surface area contributed by atoms with Gasteiger partial charge in [0.05, 0.1) is 17.1 Å². The number of benzene rings is 1. The molecule has 154 valence electrons. The number of amides is 2. The van der Waals surface area contributed by atoms with Crippen LogP contribution in [0, 0.1) is 0 Å². The third-order valence-corrected chi connectivity index (χ3v) is 5.58. The Morgan fingerprint density at radius 3 is 2.54 bits per heavy atom. The van der Waals surface area contributed by atoms with Gasteiger partial charge >= 0.3 is 5.97 Å². The first-order valence-electron chi connectivity index (χ1n) is 8.47. The Hall–Kier alpha value is -2.66. The van der Waals surface area contributed by atoms with Crippen LogP contribution >= 0.6 is 0 Å². The van der Waals surface area contributed by atoms with Crippen molar-refractivity contribution < 1.29 is 32.6 Å². The number of carboxylic acid groups (broad SMARTS) is 1. The monoisotopic (exact) mass is 413 g/mol. The SMILES string of the molecule is CC(=O)N1CC(C)(C)Oc2ccc(S(=O)(=O)NC(CCC(N)=O)C(=O)O)cc21. The quantitative estimate of drug-likeness (QED) is 0.577. The molecule has 28 heavy (non-hydrogen) atoms. The van der Waals surface area contributed by atoms with Crippen molar-refractivity contribution in [3.05, 3.63) is 18.2 Å². The number of hydrogen-bond donors (Lipinski definition) is 3. The van der Waals surface area contributed by atoms with E-state index in [0.717, 1.165) is 0 Å². The molecule has 1 aromatic carbocycles.